The average molecular weight is 506 g/mol. The van der Waals surface area contributed by atoms with Crippen LogP contribution in [0.1, 0.15) is 33.1 Å². The van der Waals surface area contributed by atoms with E-state index in [9.17, 15) is 14.4 Å². The van der Waals surface area contributed by atoms with Gasteiger partial charge in [0.05, 0.1) is 23.5 Å². The van der Waals surface area contributed by atoms with Crippen molar-refractivity contribution >= 4 is 22.7 Å². The summed E-state index contributed by atoms with van der Waals surface area (Å²) >= 11 is 0. The minimum atomic E-state index is -0.314. The largest absolute Gasteiger partial charge is 0.491 e. The third kappa shape index (κ3) is 7.16. The van der Waals surface area contributed by atoms with Crippen molar-refractivity contribution < 1.29 is 14.3 Å². The van der Waals surface area contributed by atoms with E-state index in [1.165, 1.54) is 4.57 Å². The molecule has 196 valence electrons. The number of carbonyl (C=O) groups excluding carboxylic acids is 2. The van der Waals surface area contributed by atoms with Crippen LogP contribution in [-0.4, -0.2) is 47.1 Å². The van der Waals surface area contributed by atoms with Crippen LogP contribution in [0.4, 0.5) is 0 Å². The summed E-state index contributed by atoms with van der Waals surface area (Å²) in [6, 6.07) is 14.3. The minimum absolute atomic E-state index is 0.0895. The highest BCUT2D eigenvalue weighted by Gasteiger charge is 2.22. The van der Waals surface area contributed by atoms with Crippen LogP contribution in [0.5, 0.6) is 5.75 Å². The first kappa shape index (κ1) is 26.3. The Morgan fingerprint density at radius 2 is 1.89 bits per heavy atom. The number of fused-ring (bicyclic) bond motifs is 1. The predicted octanol–water partition coefficient (Wildman–Crippen LogP) is 2.46. The number of nitrogens with one attached hydrogen (secondary N) is 2. The van der Waals surface area contributed by atoms with Gasteiger partial charge in [0, 0.05) is 12.1 Å². The monoisotopic (exact) mass is 505 g/mol. The number of ether oxygens (including phenoxy) is 1. The first-order valence-electron chi connectivity index (χ1n) is 12.8. The van der Waals surface area contributed by atoms with Crippen molar-refractivity contribution in [2.24, 2.45) is 17.6 Å². The molecule has 2 aromatic carbocycles. The summed E-state index contributed by atoms with van der Waals surface area (Å²) in [7, 11) is 0. The second-order valence-electron chi connectivity index (χ2n) is 10.0. The van der Waals surface area contributed by atoms with Crippen LogP contribution in [0, 0.1) is 11.8 Å². The summed E-state index contributed by atoms with van der Waals surface area (Å²) in [6.07, 6.45) is 2.98. The molecule has 1 aliphatic carbocycles. The zero-order chi connectivity index (χ0) is 26.4. The van der Waals surface area contributed by atoms with Gasteiger partial charge in [0.25, 0.3) is 5.56 Å². The van der Waals surface area contributed by atoms with E-state index >= 15 is 0 Å². The smallest absolute Gasteiger partial charge is 0.262 e. The van der Waals surface area contributed by atoms with Gasteiger partial charge < -0.3 is 21.1 Å². The fraction of sp³-hybridized carbons (Fsp3) is 0.429. The van der Waals surface area contributed by atoms with Gasteiger partial charge in [-0.15, -0.1) is 0 Å². The third-order valence-electron chi connectivity index (χ3n) is 6.30. The Balaban J connectivity index is 1.62. The van der Waals surface area contributed by atoms with Crippen LogP contribution in [0.15, 0.2) is 53.3 Å². The molecule has 9 nitrogen and oxygen atoms in total. The standard InChI is InChI=1S/C28H35N5O4/c1-18(2)12-21(31-25(34)14-29)17-37-22-10-11-24-23(13-22)28(36)33(16-26(35)30-15-19-8-9-19)27(32-24)20-6-4-3-5-7-20/h3-7,10-11,13,18-19,21H,8-9,12,14-17,29H2,1-2H3,(H,30,35)(H,31,34)/t21-/m0/s1. The fourth-order valence-electron chi connectivity index (χ4n) is 4.24. The summed E-state index contributed by atoms with van der Waals surface area (Å²) in [5.41, 5.74) is 6.41. The van der Waals surface area contributed by atoms with Gasteiger partial charge in [0.2, 0.25) is 11.8 Å². The van der Waals surface area contributed by atoms with Crippen molar-refractivity contribution in [3.8, 4) is 17.1 Å². The van der Waals surface area contributed by atoms with E-state index in [0.717, 1.165) is 24.8 Å². The van der Waals surface area contributed by atoms with Crippen LogP contribution >= 0.6 is 0 Å². The van der Waals surface area contributed by atoms with E-state index in [0.29, 0.717) is 40.9 Å². The lowest BCUT2D eigenvalue weighted by molar-refractivity contribution is -0.122. The lowest BCUT2D eigenvalue weighted by Crippen LogP contribution is -2.42. The minimum Gasteiger partial charge on any atom is -0.491 e. The zero-order valence-corrected chi connectivity index (χ0v) is 21.4. The highest BCUT2D eigenvalue weighted by molar-refractivity contribution is 5.83. The van der Waals surface area contributed by atoms with Crippen LogP contribution in [-0.2, 0) is 16.1 Å². The molecule has 0 radical (unpaired) electrons. The number of nitrogens with zero attached hydrogens (tertiary/aromatic N) is 2. The quantitative estimate of drug-likeness (QED) is 0.347. The van der Waals surface area contributed by atoms with Gasteiger partial charge in [-0.05, 0) is 49.3 Å². The molecule has 9 heteroatoms. The number of hydrogen-bond acceptors (Lipinski definition) is 6. The maximum Gasteiger partial charge on any atom is 0.262 e. The summed E-state index contributed by atoms with van der Waals surface area (Å²) in [4.78, 5) is 42.9. The molecule has 3 aromatic rings. The third-order valence-corrected chi connectivity index (χ3v) is 6.30. The van der Waals surface area contributed by atoms with E-state index < -0.39 is 0 Å². The lowest BCUT2D eigenvalue weighted by atomic mass is 10.0. The normalized spacial score (nSPS) is 13.9. The first-order valence-corrected chi connectivity index (χ1v) is 12.8. The van der Waals surface area contributed by atoms with Gasteiger partial charge in [0.1, 0.15) is 24.7 Å². The van der Waals surface area contributed by atoms with Crippen molar-refractivity contribution in [2.75, 3.05) is 19.7 Å². The number of rotatable bonds is 12. The number of nitrogens with two attached hydrogens (primary N) is 1. The Morgan fingerprint density at radius 3 is 2.57 bits per heavy atom. The lowest BCUT2D eigenvalue weighted by Gasteiger charge is -2.21. The summed E-state index contributed by atoms with van der Waals surface area (Å²) in [5, 5.41) is 6.18. The van der Waals surface area contributed by atoms with Crippen LogP contribution in [0.25, 0.3) is 22.3 Å². The van der Waals surface area contributed by atoms with Gasteiger partial charge in [-0.1, -0.05) is 44.2 Å². The van der Waals surface area contributed by atoms with Crippen molar-refractivity contribution in [3.63, 3.8) is 0 Å². The fourth-order valence-corrected chi connectivity index (χ4v) is 4.24. The molecular formula is C28H35N5O4. The van der Waals surface area contributed by atoms with Gasteiger partial charge in [-0.2, -0.15) is 0 Å². The highest BCUT2D eigenvalue weighted by atomic mass is 16.5. The molecule has 1 aliphatic rings. The summed E-state index contributed by atoms with van der Waals surface area (Å²) in [6.45, 7) is 4.79. The molecule has 4 rings (SSSR count). The van der Waals surface area contributed by atoms with Crippen molar-refractivity contribution in [3.05, 3.63) is 58.9 Å². The second-order valence-corrected chi connectivity index (χ2v) is 10.0. The molecule has 37 heavy (non-hydrogen) atoms. The van der Waals surface area contributed by atoms with E-state index in [2.05, 4.69) is 24.5 Å². The Hall–Kier alpha value is -3.72. The van der Waals surface area contributed by atoms with E-state index in [-0.39, 0.29) is 43.1 Å². The van der Waals surface area contributed by atoms with Gasteiger partial charge in [0.15, 0.2) is 0 Å². The Labute approximate surface area is 216 Å². The molecule has 1 aromatic heterocycles. The SMILES string of the molecule is CC(C)C[C@@H](COc1ccc2nc(-c3ccccc3)n(CC(=O)NCC3CC3)c(=O)c2c1)NC(=O)CN. The molecular weight excluding hydrogens is 470 g/mol. The van der Waals surface area contributed by atoms with Gasteiger partial charge in [-0.3, -0.25) is 19.0 Å². The summed E-state index contributed by atoms with van der Waals surface area (Å²) < 4.78 is 7.40. The average Bonchev–Trinajstić information content (AvgIpc) is 3.72. The number of carbonyl (C=O) groups is 2. The second kappa shape index (κ2) is 12.0. The molecule has 0 aliphatic heterocycles. The van der Waals surface area contributed by atoms with Crippen molar-refractivity contribution in [2.45, 2.75) is 45.7 Å². The molecule has 0 bridgehead atoms. The zero-order valence-electron chi connectivity index (χ0n) is 21.4. The van der Waals surface area contributed by atoms with E-state index in [4.69, 9.17) is 15.5 Å². The van der Waals surface area contributed by atoms with Crippen LogP contribution < -0.4 is 26.7 Å². The topological polar surface area (TPSA) is 128 Å². The first-order chi connectivity index (χ1) is 17.8. The molecule has 0 spiro atoms. The molecule has 1 fully saturated rings. The molecule has 1 saturated carbocycles. The Morgan fingerprint density at radius 1 is 1.14 bits per heavy atom. The predicted molar refractivity (Wildman–Crippen MR) is 143 cm³/mol. The summed E-state index contributed by atoms with van der Waals surface area (Å²) in [5.74, 6) is 1.36. The molecule has 0 unspecified atom stereocenters. The maximum absolute atomic E-state index is 13.6. The number of aromatic nitrogens is 2. The Bertz CT molecular complexity index is 1300. The van der Waals surface area contributed by atoms with Crippen molar-refractivity contribution in [1.82, 2.24) is 20.2 Å². The van der Waals surface area contributed by atoms with Crippen LogP contribution in [0.2, 0.25) is 0 Å². The van der Waals surface area contributed by atoms with Gasteiger partial charge in [-0.25, -0.2) is 4.98 Å². The number of amides is 2. The van der Waals surface area contributed by atoms with E-state index in [1.54, 1.807) is 18.2 Å². The van der Waals surface area contributed by atoms with Crippen molar-refractivity contribution in [1.29, 1.82) is 0 Å². The number of hydrogen-bond donors (Lipinski definition) is 3. The Kier molecular flexibility index (Phi) is 8.55. The highest BCUT2D eigenvalue weighted by Crippen LogP contribution is 2.27. The molecule has 1 heterocycles. The van der Waals surface area contributed by atoms with Crippen LogP contribution in [0.3, 0.4) is 0 Å². The molecule has 4 N–H and O–H groups in total. The molecule has 0 saturated heterocycles. The maximum atomic E-state index is 13.6. The number of benzene rings is 2. The van der Waals surface area contributed by atoms with E-state index in [1.807, 2.05) is 30.3 Å². The molecule has 1 atom stereocenters. The van der Waals surface area contributed by atoms with Gasteiger partial charge >= 0.3 is 0 Å². The molecule has 2 amide bonds.